The minimum absolute atomic E-state index is 0.0605. The number of halogens is 3. The van der Waals surface area contributed by atoms with Gasteiger partial charge < -0.3 is 15.0 Å². The molecule has 0 saturated carbocycles. The fourth-order valence-electron chi connectivity index (χ4n) is 3.69. The number of amides is 2. The summed E-state index contributed by atoms with van der Waals surface area (Å²) in [6.07, 6.45) is -3.39. The van der Waals surface area contributed by atoms with E-state index in [9.17, 15) is 22.8 Å². The molecule has 0 unspecified atom stereocenters. The third-order valence-corrected chi connectivity index (χ3v) is 5.44. The van der Waals surface area contributed by atoms with E-state index in [4.69, 9.17) is 4.74 Å². The highest BCUT2D eigenvalue weighted by Gasteiger charge is 2.31. The molecule has 1 saturated heterocycles. The van der Waals surface area contributed by atoms with Crippen LogP contribution in [0.5, 0.6) is 5.75 Å². The molecular formula is C24H27F3N2O3. The summed E-state index contributed by atoms with van der Waals surface area (Å²) in [4.78, 5) is 26.9. The molecule has 1 heterocycles. The number of anilines is 1. The summed E-state index contributed by atoms with van der Waals surface area (Å²) in [5, 5.41) is 2.95. The number of ether oxygens (including phenoxy) is 1. The summed E-state index contributed by atoms with van der Waals surface area (Å²) in [5.41, 5.74) is 1.03. The fraction of sp³-hybridized carbons (Fsp3) is 0.417. The lowest BCUT2D eigenvalue weighted by Crippen LogP contribution is -2.41. The fourth-order valence-corrected chi connectivity index (χ4v) is 3.69. The van der Waals surface area contributed by atoms with Gasteiger partial charge in [0, 0.05) is 30.3 Å². The Bertz CT molecular complexity index is 963. The molecule has 0 atom stereocenters. The van der Waals surface area contributed by atoms with Crippen molar-refractivity contribution in [1.82, 2.24) is 4.90 Å². The Labute approximate surface area is 185 Å². The van der Waals surface area contributed by atoms with E-state index in [2.05, 4.69) is 5.32 Å². The second-order valence-electron chi connectivity index (χ2n) is 8.27. The largest absolute Gasteiger partial charge is 0.491 e. The Morgan fingerprint density at radius 2 is 1.69 bits per heavy atom. The van der Waals surface area contributed by atoms with Crippen LogP contribution >= 0.6 is 0 Å². The maximum Gasteiger partial charge on any atom is 0.416 e. The molecule has 3 rings (SSSR count). The number of hydrogen-bond donors (Lipinski definition) is 1. The van der Waals surface area contributed by atoms with Crippen LogP contribution in [0.25, 0.3) is 0 Å². The lowest BCUT2D eigenvalue weighted by molar-refractivity contribution is -0.137. The molecule has 172 valence electrons. The van der Waals surface area contributed by atoms with E-state index in [1.807, 2.05) is 39.0 Å². The number of alkyl halides is 3. The molecule has 2 aromatic carbocycles. The molecule has 1 aliphatic heterocycles. The van der Waals surface area contributed by atoms with Gasteiger partial charge in [-0.2, -0.15) is 13.2 Å². The molecule has 0 aliphatic carbocycles. The zero-order valence-electron chi connectivity index (χ0n) is 18.3. The van der Waals surface area contributed by atoms with Gasteiger partial charge in [0.05, 0.1) is 11.7 Å². The van der Waals surface area contributed by atoms with Gasteiger partial charge in [-0.3, -0.25) is 9.59 Å². The predicted molar refractivity (Wildman–Crippen MR) is 116 cm³/mol. The number of benzene rings is 2. The Balaban J connectivity index is 1.55. The van der Waals surface area contributed by atoms with Crippen LogP contribution in [-0.2, 0) is 11.0 Å². The first-order valence-electron chi connectivity index (χ1n) is 10.6. The highest BCUT2D eigenvalue weighted by molar-refractivity contribution is 5.95. The van der Waals surface area contributed by atoms with Gasteiger partial charge in [-0.15, -0.1) is 0 Å². The summed E-state index contributed by atoms with van der Waals surface area (Å²) in [6, 6.07) is 9.71. The predicted octanol–water partition coefficient (Wildman–Crippen LogP) is 5.29. The zero-order valence-corrected chi connectivity index (χ0v) is 18.3. The SMILES string of the molecule is Cc1cc(OC(C)C)ccc1NC(=O)C1CCN(C(=O)c2ccc(C(F)(F)F)cc2)CC1. The normalized spacial score (nSPS) is 15.0. The number of carbonyl (C=O) groups is 2. The van der Waals surface area contributed by atoms with Crippen LogP contribution in [-0.4, -0.2) is 35.9 Å². The molecule has 0 aromatic heterocycles. The number of hydrogen-bond acceptors (Lipinski definition) is 3. The number of likely N-dealkylation sites (tertiary alicyclic amines) is 1. The van der Waals surface area contributed by atoms with Crippen molar-refractivity contribution in [2.75, 3.05) is 18.4 Å². The summed E-state index contributed by atoms with van der Waals surface area (Å²) in [5.74, 6) is 0.0738. The molecule has 0 bridgehead atoms. The molecule has 2 aromatic rings. The van der Waals surface area contributed by atoms with Gasteiger partial charge in [0.15, 0.2) is 0 Å². The van der Waals surface area contributed by atoms with Gasteiger partial charge in [-0.1, -0.05) is 0 Å². The molecule has 2 amide bonds. The van der Waals surface area contributed by atoms with Crippen molar-refractivity contribution in [2.24, 2.45) is 5.92 Å². The van der Waals surface area contributed by atoms with Crippen LogP contribution in [0.4, 0.5) is 18.9 Å². The molecule has 1 aliphatic rings. The molecule has 1 fully saturated rings. The smallest absolute Gasteiger partial charge is 0.416 e. The van der Waals surface area contributed by atoms with Crippen LogP contribution in [0.2, 0.25) is 0 Å². The number of rotatable bonds is 5. The van der Waals surface area contributed by atoms with Gasteiger partial charge in [-0.05, 0) is 81.6 Å². The third-order valence-electron chi connectivity index (χ3n) is 5.44. The number of piperidine rings is 1. The average molecular weight is 448 g/mol. The second-order valence-corrected chi connectivity index (χ2v) is 8.27. The van der Waals surface area contributed by atoms with E-state index in [0.29, 0.717) is 25.9 Å². The Morgan fingerprint density at radius 3 is 2.22 bits per heavy atom. The van der Waals surface area contributed by atoms with E-state index >= 15 is 0 Å². The van der Waals surface area contributed by atoms with Crippen molar-refractivity contribution >= 4 is 17.5 Å². The first kappa shape index (κ1) is 23.6. The first-order valence-corrected chi connectivity index (χ1v) is 10.6. The van der Waals surface area contributed by atoms with Crippen LogP contribution in [0, 0.1) is 12.8 Å². The monoisotopic (exact) mass is 448 g/mol. The number of aryl methyl sites for hydroxylation is 1. The van der Waals surface area contributed by atoms with Crippen molar-refractivity contribution in [3.63, 3.8) is 0 Å². The Kier molecular flexibility index (Phi) is 7.11. The van der Waals surface area contributed by atoms with E-state index < -0.39 is 11.7 Å². The van der Waals surface area contributed by atoms with E-state index in [1.54, 1.807) is 4.90 Å². The van der Waals surface area contributed by atoms with E-state index in [-0.39, 0.29) is 29.4 Å². The summed E-state index contributed by atoms with van der Waals surface area (Å²) < 4.78 is 43.8. The van der Waals surface area contributed by atoms with Crippen molar-refractivity contribution in [2.45, 2.75) is 45.9 Å². The summed E-state index contributed by atoms with van der Waals surface area (Å²) >= 11 is 0. The molecule has 0 radical (unpaired) electrons. The number of nitrogens with one attached hydrogen (secondary N) is 1. The average Bonchev–Trinajstić information content (AvgIpc) is 2.74. The lowest BCUT2D eigenvalue weighted by Gasteiger charge is -2.31. The van der Waals surface area contributed by atoms with Crippen molar-refractivity contribution < 1.29 is 27.5 Å². The summed E-state index contributed by atoms with van der Waals surface area (Å²) in [6.45, 7) is 6.53. The van der Waals surface area contributed by atoms with Gasteiger partial charge in [0.1, 0.15) is 5.75 Å². The van der Waals surface area contributed by atoms with Crippen molar-refractivity contribution in [3.8, 4) is 5.75 Å². The standard InChI is InChI=1S/C24H27F3N2O3/c1-15(2)32-20-8-9-21(16(3)14-20)28-22(30)17-10-12-29(13-11-17)23(31)18-4-6-19(7-5-18)24(25,26)27/h4-9,14-15,17H,10-13H2,1-3H3,(H,28,30). The van der Waals surface area contributed by atoms with Gasteiger partial charge in [-0.25, -0.2) is 0 Å². The Morgan fingerprint density at radius 1 is 1.06 bits per heavy atom. The quantitative estimate of drug-likeness (QED) is 0.676. The maximum atomic E-state index is 12.7. The first-order chi connectivity index (χ1) is 15.0. The van der Waals surface area contributed by atoms with Crippen LogP contribution in [0.15, 0.2) is 42.5 Å². The van der Waals surface area contributed by atoms with Crippen LogP contribution < -0.4 is 10.1 Å². The maximum absolute atomic E-state index is 12.7. The molecular weight excluding hydrogens is 421 g/mol. The summed E-state index contributed by atoms with van der Waals surface area (Å²) in [7, 11) is 0. The Hall–Kier alpha value is -3.03. The van der Waals surface area contributed by atoms with Gasteiger partial charge in [0.25, 0.3) is 5.91 Å². The van der Waals surface area contributed by atoms with Crippen LogP contribution in [0.1, 0.15) is 48.2 Å². The number of nitrogens with zero attached hydrogens (tertiary/aromatic N) is 1. The topological polar surface area (TPSA) is 58.6 Å². The highest BCUT2D eigenvalue weighted by Crippen LogP contribution is 2.30. The van der Waals surface area contributed by atoms with Gasteiger partial charge >= 0.3 is 6.18 Å². The third kappa shape index (κ3) is 5.81. The van der Waals surface area contributed by atoms with Crippen LogP contribution in [0.3, 0.4) is 0 Å². The number of carbonyl (C=O) groups excluding carboxylic acids is 2. The van der Waals surface area contributed by atoms with Crippen molar-refractivity contribution in [1.29, 1.82) is 0 Å². The molecule has 0 spiro atoms. The van der Waals surface area contributed by atoms with E-state index in [1.165, 1.54) is 12.1 Å². The molecule has 5 nitrogen and oxygen atoms in total. The highest BCUT2D eigenvalue weighted by atomic mass is 19.4. The minimum Gasteiger partial charge on any atom is -0.491 e. The lowest BCUT2D eigenvalue weighted by atomic mass is 9.95. The molecule has 1 N–H and O–H groups in total. The minimum atomic E-state index is -4.44. The molecule has 8 heteroatoms. The zero-order chi connectivity index (χ0) is 23.5. The van der Waals surface area contributed by atoms with Gasteiger partial charge in [0.2, 0.25) is 5.91 Å². The van der Waals surface area contributed by atoms with E-state index in [0.717, 1.165) is 29.1 Å². The van der Waals surface area contributed by atoms with Crippen molar-refractivity contribution in [3.05, 3.63) is 59.2 Å². The molecule has 32 heavy (non-hydrogen) atoms. The second kappa shape index (κ2) is 9.63.